The van der Waals surface area contributed by atoms with E-state index in [0.29, 0.717) is 17.7 Å². The summed E-state index contributed by atoms with van der Waals surface area (Å²) in [7, 11) is 1.30. The number of piperidine rings is 2. The van der Waals surface area contributed by atoms with E-state index in [0.717, 1.165) is 75.5 Å². The summed E-state index contributed by atoms with van der Waals surface area (Å²) < 4.78 is 4.79. The normalized spacial score (nSPS) is 25.4. The van der Waals surface area contributed by atoms with Crippen molar-refractivity contribution < 1.29 is 24.2 Å². The number of carbonyl (C=O) groups is 3. The van der Waals surface area contributed by atoms with Crippen molar-refractivity contribution in [3.8, 4) is 11.8 Å². The van der Waals surface area contributed by atoms with Gasteiger partial charge in [-0.05, 0) is 85.2 Å². The number of hydrogen-bond donors (Lipinski definition) is 4. The lowest BCUT2D eigenvalue weighted by Gasteiger charge is -2.31. The van der Waals surface area contributed by atoms with Crippen molar-refractivity contribution in [2.24, 2.45) is 17.8 Å². The monoisotopic (exact) mass is 671 g/mol. The molecule has 2 saturated carbocycles. The molecule has 2 saturated heterocycles. The van der Waals surface area contributed by atoms with Crippen LogP contribution >= 0.6 is 0 Å². The lowest BCUT2D eigenvalue weighted by atomic mass is 10.0. The number of likely N-dealkylation sites (tertiary alicyclic amines) is 2. The van der Waals surface area contributed by atoms with Gasteiger partial charge < -0.3 is 30.0 Å². The maximum absolute atomic E-state index is 13.8. The highest BCUT2D eigenvalue weighted by Crippen LogP contribution is 2.54. The number of nitrogens with zero attached hydrogens (tertiary/aromatic N) is 4. The van der Waals surface area contributed by atoms with E-state index in [2.05, 4.69) is 33.2 Å². The number of nitrogens with one attached hydrogen (secondary N) is 3. The van der Waals surface area contributed by atoms with Crippen LogP contribution in [0, 0.1) is 29.6 Å². The second-order valence-corrected chi connectivity index (χ2v) is 14.5. The van der Waals surface area contributed by atoms with Crippen molar-refractivity contribution in [2.45, 2.75) is 69.7 Å². The first-order valence-corrected chi connectivity index (χ1v) is 17.3. The summed E-state index contributed by atoms with van der Waals surface area (Å²) in [5.74, 6) is 8.72. The average Bonchev–Trinajstić information content (AvgIpc) is 3.76. The van der Waals surface area contributed by atoms with Crippen LogP contribution in [0.25, 0.3) is 32.8 Å². The molecular weight excluding hydrogens is 634 g/mol. The number of rotatable bonds is 5. The highest BCUT2D eigenvalue weighted by Gasteiger charge is 2.57. The largest absolute Gasteiger partial charge is 0.465 e. The first-order valence-electron chi connectivity index (χ1n) is 17.3. The number of imidazole rings is 2. The third-order valence-corrected chi connectivity index (χ3v) is 11.1. The Morgan fingerprint density at radius 2 is 1.52 bits per heavy atom. The molecule has 4 fully saturated rings. The summed E-state index contributed by atoms with van der Waals surface area (Å²) in [6, 6.07) is 15.2. The van der Waals surface area contributed by atoms with E-state index in [-0.39, 0.29) is 36.0 Å². The Kier molecular flexibility index (Phi) is 6.85. The fraction of sp³-hybridized carbons (Fsp3) is 0.395. The van der Waals surface area contributed by atoms with Crippen molar-refractivity contribution in [3.63, 3.8) is 0 Å². The number of methoxy groups -OCH3 is 1. The number of aromatic amines is 2. The summed E-state index contributed by atoms with van der Waals surface area (Å²) in [6.07, 6.45) is 2.08. The van der Waals surface area contributed by atoms with Gasteiger partial charge in [0.1, 0.15) is 17.7 Å². The Balaban J connectivity index is 0.953. The zero-order valence-electron chi connectivity index (χ0n) is 27.9. The van der Waals surface area contributed by atoms with E-state index < -0.39 is 18.2 Å². The first-order chi connectivity index (χ1) is 24.2. The number of hydrogen-bond acceptors (Lipinski definition) is 6. The molecule has 0 unspecified atom stereocenters. The molecule has 4 aliphatic rings. The summed E-state index contributed by atoms with van der Waals surface area (Å²) >= 11 is 0. The molecule has 0 spiro atoms. The first kappa shape index (κ1) is 30.5. The number of fused-ring (bicyclic) bond motifs is 6. The van der Waals surface area contributed by atoms with Crippen molar-refractivity contribution in [3.05, 3.63) is 71.3 Å². The molecule has 0 bridgehead atoms. The molecule has 7 atom stereocenters. The van der Waals surface area contributed by atoms with Gasteiger partial charge in [0.15, 0.2) is 0 Å². The van der Waals surface area contributed by atoms with Crippen LogP contribution in [0.15, 0.2) is 48.5 Å². The number of aromatic nitrogens is 4. The van der Waals surface area contributed by atoms with E-state index in [1.54, 1.807) is 4.90 Å². The Labute approximate surface area is 287 Å². The SMILES string of the molecule is COC(=O)N[C@H](C(=O)N1[C@@H]2C[C@H]2C[C@H]1c1nc2cc(C#Cc3ccc4c(ccc5nc([C@H]6C[C@H]7C[C@H]7N6C(=O)O)[nH]c54)c3)ccc2[nH]1)C(C)C. The van der Waals surface area contributed by atoms with Gasteiger partial charge in [0, 0.05) is 28.6 Å². The summed E-state index contributed by atoms with van der Waals surface area (Å²) in [5, 5.41) is 14.6. The van der Waals surface area contributed by atoms with Crippen molar-refractivity contribution in [1.29, 1.82) is 0 Å². The van der Waals surface area contributed by atoms with Gasteiger partial charge in [0.05, 0.1) is 41.3 Å². The molecule has 5 aromatic rings. The third kappa shape index (κ3) is 5.02. The standard InChI is InChI=1S/C38H37N7O5/c1-18(2)32(43-37(47)50-3)36(46)44-28-14-22(28)16-30(44)34-39-25-10-7-20(13-27(25)41-34)5-4-19-6-9-24-21(12-19)8-11-26-33(24)42-35(40-26)31-17-23-15-29(23)45(31)38(48)49/h6-13,18,22-23,28-32H,14-17H2,1-3H3,(H,39,41)(H,40,42)(H,43,47)(H,48,49)/t22-,23+,28+,29+,30-,31+,32-/m0/s1. The van der Waals surface area contributed by atoms with Gasteiger partial charge >= 0.3 is 12.2 Å². The topological polar surface area (TPSA) is 157 Å². The minimum Gasteiger partial charge on any atom is -0.465 e. The van der Waals surface area contributed by atoms with Crippen LogP contribution in [0.4, 0.5) is 9.59 Å². The molecule has 4 N–H and O–H groups in total. The molecule has 3 aromatic carbocycles. The van der Waals surface area contributed by atoms with Crippen LogP contribution in [-0.2, 0) is 9.53 Å². The molecule has 12 heteroatoms. The van der Waals surface area contributed by atoms with E-state index in [4.69, 9.17) is 14.7 Å². The van der Waals surface area contributed by atoms with Crippen LogP contribution in [-0.4, -0.2) is 78.2 Å². The van der Waals surface area contributed by atoms with Gasteiger partial charge in [-0.3, -0.25) is 9.69 Å². The number of carboxylic acid groups (broad SMARTS) is 1. The lowest BCUT2D eigenvalue weighted by molar-refractivity contribution is -0.136. The van der Waals surface area contributed by atoms with Crippen LogP contribution in [0.2, 0.25) is 0 Å². The van der Waals surface area contributed by atoms with Gasteiger partial charge in [-0.2, -0.15) is 0 Å². The molecule has 2 aliphatic carbocycles. The second kappa shape index (κ2) is 11.2. The van der Waals surface area contributed by atoms with Crippen molar-refractivity contribution in [1.82, 2.24) is 35.1 Å². The molecule has 3 amide bonds. The quantitative estimate of drug-likeness (QED) is 0.171. The molecule has 12 nitrogen and oxygen atoms in total. The second-order valence-electron chi connectivity index (χ2n) is 14.5. The van der Waals surface area contributed by atoms with E-state index in [1.165, 1.54) is 7.11 Å². The summed E-state index contributed by atoms with van der Waals surface area (Å²) in [4.78, 5) is 57.8. The Bertz CT molecular complexity index is 2300. The number of H-pyrrole nitrogens is 2. The predicted molar refractivity (Wildman–Crippen MR) is 185 cm³/mol. The molecule has 50 heavy (non-hydrogen) atoms. The van der Waals surface area contributed by atoms with Gasteiger partial charge in [0.25, 0.3) is 0 Å². The number of ether oxygens (including phenoxy) is 1. The number of carbonyl (C=O) groups excluding carboxylic acids is 2. The highest BCUT2D eigenvalue weighted by atomic mass is 16.5. The molecule has 9 rings (SSSR count). The number of benzene rings is 3. The zero-order valence-corrected chi connectivity index (χ0v) is 27.9. The lowest BCUT2D eigenvalue weighted by Crippen LogP contribution is -2.52. The smallest absolute Gasteiger partial charge is 0.408 e. The minimum atomic E-state index is -0.879. The maximum atomic E-state index is 13.8. The fourth-order valence-electron chi connectivity index (χ4n) is 8.32. The highest BCUT2D eigenvalue weighted by molar-refractivity contribution is 6.04. The van der Waals surface area contributed by atoms with Crippen LogP contribution in [0.1, 0.15) is 74.4 Å². The van der Waals surface area contributed by atoms with Gasteiger partial charge in [0.2, 0.25) is 5.91 Å². The maximum Gasteiger partial charge on any atom is 0.408 e. The van der Waals surface area contributed by atoms with Gasteiger partial charge in [-0.25, -0.2) is 19.6 Å². The third-order valence-electron chi connectivity index (χ3n) is 11.1. The Hall–Kier alpha value is -5.57. The number of amides is 3. The molecule has 254 valence electrons. The molecule has 2 aromatic heterocycles. The summed E-state index contributed by atoms with van der Waals surface area (Å²) in [6.45, 7) is 3.83. The zero-order chi connectivity index (χ0) is 34.4. The minimum absolute atomic E-state index is 0.0993. The summed E-state index contributed by atoms with van der Waals surface area (Å²) in [5.41, 5.74) is 5.08. The van der Waals surface area contributed by atoms with E-state index >= 15 is 0 Å². The molecule has 4 heterocycles. The molecule has 0 radical (unpaired) electrons. The Morgan fingerprint density at radius 3 is 2.24 bits per heavy atom. The van der Waals surface area contributed by atoms with Crippen molar-refractivity contribution in [2.75, 3.05) is 7.11 Å². The Morgan fingerprint density at radius 1 is 0.860 bits per heavy atom. The average molecular weight is 672 g/mol. The predicted octanol–water partition coefficient (Wildman–Crippen LogP) is 5.85. The van der Waals surface area contributed by atoms with Crippen molar-refractivity contribution >= 4 is 50.9 Å². The fourth-order valence-corrected chi connectivity index (χ4v) is 8.32. The van der Waals surface area contributed by atoms with Crippen LogP contribution < -0.4 is 5.32 Å². The van der Waals surface area contributed by atoms with Crippen LogP contribution in [0.5, 0.6) is 0 Å². The van der Waals surface area contributed by atoms with Crippen LogP contribution in [0.3, 0.4) is 0 Å². The van der Waals surface area contributed by atoms with Gasteiger partial charge in [-0.1, -0.05) is 37.8 Å². The molecule has 2 aliphatic heterocycles. The molecular formula is C38H37N7O5. The van der Waals surface area contributed by atoms with Gasteiger partial charge in [-0.15, -0.1) is 0 Å². The van der Waals surface area contributed by atoms with E-state index in [1.807, 2.05) is 61.2 Å². The number of alkyl carbamates (subject to hydrolysis) is 1. The van der Waals surface area contributed by atoms with E-state index in [9.17, 15) is 19.5 Å².